The van der Waals surface area contributed by atoms with Gasteiger partial charge in [-0.1, -0.05) is 18.2 Å². The Morgan fingerprint density at radius 3 is 2.47 bits per heavy atom. The molecule has 0 radical (unpaired) electrons. The Hall–Kier alpha value is -3.55. The fraction of sp³-hybridized carbons (Fsp3) is 0.136. The molecule has 0 spiro atoms. The molecule has 0 unspecified atom stereocenters. The molecule has 0 saturated heterocycles. The van der Waals surface area contributed by atoms with Crippen molar-refractivity contribution in [3.8, 4) is 16.9 Å². The molecule has 0 aromatic heterocycles. The van der Waals surface area contributed by atoms with Crippen molar-refractivity contribution in [1.29, 1.82) is 0 Å². The molecule has 156 valence electrons. The van der Waals surface area contributed by atoms with E-state index < -0.39 is 47.3 Å². The lowest BCUT2D eigenvalue weighted by Crippen LogP contribution is -2.12. The standard InChI is InChI=1S/C22H17F4NO3/c1-12-15(13-3-2-4-14(23)9-13)5-6-17(24)16(12)10-27-22-18(25)7-8-19(21(22)26)30-11-20(28)29/h2-9,27H,10-11H2,1H3,(H,28,29). The number of ether oxygens (including phenoxy) is 1. The fourth-order valence-corrected chi connectivity index (χ4v) is 3.03. The third-order valence-corrected chi connectivity index (χ3v) is 4.53. The van der Waals surface area contributed by atoms with E-state index in [0.29, 0.717) is 16.7 Å². The number of nitrogens with one attached hydrogen (secondary N) is 1. The van der Waals surface area contributed by atoms with Crippen LogP contribution in [0.4, 0.5) is 23.2 Å². The summed E-state index contributed by atoms with van der Waals surface area (Å²) in [5, 5.41) is 11.1. The molecule has 0 aliphatic rings. The summed E-state index contributed by atoms with van der Waals surface area (Å²) in [6, 6.07) is 10.4. The average molecular weight is 419 g/mol. The van der Waals surface area contributed by atoms with Gasteiger partial charge in [0.1, 0.15) is 23.1 Å². The molecule has 0 amide bonds. The lowest BCUT2D eigenvalue weighted by molar-refractivity contribution is -0.139. The summed E-state index contributed by atoms with van der Waals surface area (Å²) in [5.74, 6) is -4.89. The summed E-state index contributed by atoms with van der Waals surface area (Å²) < 4.78 is 61.4. The summed E-state index contributed by atoms with van der Waals surface area (Å²) in [6.45, 7) is 0.557. The molecule has 2 N–H and O–H groups in total. The van der Waals surface area contributed by atoms with Gasteiger partial charge in [-0.05, 0) is 53.9 Å². The van der Waals surface area contributed by atoms with Gasteiger partial charge in [0.05, 0.1) is 0 Å². The maximum Gasteiger partial charge on any atom is 0.341 e. The number of halogens is 4. The first-order valence-corrected chi connectivity index (χ1v) is 8.88. The zero-order valence-corrected chi connectivity index (χ0v) is 15.8. The van der Waals surface area contributed by atoms with Gasteiger partial charge >= 0.3 is 5.97 Å². The summed E-state index contributed by atoms with van der Waals surface area (Å²) in [6.07, 6.45) is 0. The molecule has 8 heteroatoms. The second-order valence-electron chi connectivity index (χ2n) is 6.48. The Kier molecular flexibility index (Phi) is 6.25. The number of aliphatic carboxylic acids is 1. The lowest BCUT2D eigenvalue weighted by atomic mass is 9.96. The average Bonchev–Trinajstić information content (AvgIpc) is 2.69. The Morgan fingerprint density at radius 2 is 1.77 bits per heavy atom. The predicted octanol–water partition coefficient (Wildman–Crippen LogP) is 5.29. The van der Waals surface area contributed by atoms with Crippen LogP contribution < -0.4 is 10.1 Å². The first-order valence-electron chi connectivity index (χ1n) is 8.88. The molecule has 3 rings (SSSR count). The van der Waals surface area contributed by atoms with Crippen LogP contribution in [0.15, 0.2) is 48.5 Å². The van der Waals surface area contributed by atoms with Crippen LogP contribution in [-0.4, -0.2) is 17.7 Å². The highest BCUT2D eigenvalue weighted by atomic mass is 19.1. The Labute approximate surface area is 169 Å². The van der Waals surface area contributed by atoms with E-state index in [1.807, 2.05) is 0 Å². The molecule has 3 aromatic rings. The molecule has 3 aromatic carbocycles. The number of hydrogen-bond acceptors (Lipinski definition) is 3. The first-order chi connectivity index (χ1) is 14.3. The lowest BCUT2D eigenvalue weighted by Gasteiger charge is -2.16. The number of carbonyl (C=O) groups is 1. The number of benzene rings is 3. The van der Waals surface area contributed by atoms with E-state index in [4.69, 9.17) is 9.84 Å². The highest BCUT2D eigenvalue weighted by molar-refractivity contribution is 5.69. The zero-order chi connectivity index (χ0) is 21.8. The molecule has 0 aliphatic carbocycles. The minimum Gasteiger partial charge on any atom is -0.479 e. The number of rotatable bonds is 7. The van der Waals surface area contributed by atoms with Crippen LogP contribution in [-0.2, 0) is 11.3 Å². The monoisotopic (exact) mass is 419 g/mol. The van der Waals surface area contributed by atoms with E-state index in [2.05, 4.69) is 5.32 Å². The predicted molar refractivity (Wildman–Crippen MR) is 103 cm³/mol. The highest BCUT2D eigenvalue weighted by Crippen LogP contribution is 2.31. The molecule has 0 atom stereocenters. The van der Waals surface area contributed by atoms with Gasteiger partial charge in [-0.3, -0.25) is 0 Å². The van der Waals surface area contributed by atoms with Gasteiger partial charge in [-0.2, -0.15) is 0 Å². The van der Waals surface area contributed by atoms with Gasteiger partial charge in [-0.25, -0.2) is 22.4 Å². The maximum atomic E-state index is 14.5. The molecule has 0 saturated carbocycles. The van der Waals surface area contributed by atoms with Crippen LogP contribution in [0.1, 0.15) is 11.1 Å². The smallest absolute Gasteiger partial charge is 0.341 e. The van der Waals surface area contributed by atoms with Crippen LogP contribution in [0.3, 0.4) is 0 Å². The fourth-order valence-electron chi connectivity index (χ4n) is 3.03. The molecule has 4 nitrogen and oxygen atoms in total. The second kappa shape index (κ2) is 8.86. The summed E-state index contributed by atoms with van der Waals surface area (Å²) in [5.41, 5.74) is 1.16. The Morgan fingerprint density at radius 1 is 1.03 bits per heavy atom. The molecule has 0 fully saturated rings. The minimum absolute atomic E-state index is 0.146. The molecule has 30 heavy (non-hydrogen) atoms. The normalized spacial score (nSPS) is 10.7. The molecular formula is C22H17F4NO3. The number of anilines is 1. The number of carboxylic acid groups (broad SMARTS) is 1. The summed E-state index contributed by atoms with van der Waals surface area (Å²) in [7, 11) is 0. The van der Waals surface area contributed by atoms with Crippen molar-refractivity contribution in [2.75, 3.05) is 11.9 Å². The van der Waals surface area contributed by atoms with Crippen molar-refractivity contribution in [2.45, 2.75) is 13.5 Å². The van der Waals surface area contributed by atoms with Gasteiger partial charge in [0.15, 0.2) is 18.2 Å². The van der Waals surface area contributed by atoms with Crippen molar-refractivity contribution in [2.24, 2.45) is 0 Å². The molecule has 0 bridgehead atoms. The van der Waals surface area contributed by atoms with Crippen LogP contribution >= 0.6 is 0 Å². The maximum absolute atomic E-state index is 14.5. The molecular weight excluding hydrogens is 402 g/mol. The van der Waals surface area contributed by atoms with E-state index in [1.54, 1.807) is 13.0 Å². The van der Waals surface area contributed by atoms with E-state index in [1.165, 1.54) is 30.3 Å². The Bertz CT molecular complexity index is 1100. The molecule has 0 aliphatic heterocycles. The van der Waals surface area contributed by atoms with E-state index >= 15 is 0 Å². The van der Waals surface area contributed by atoms with Gasteiger partial charge in [-0.15, -0.1) is 0 Å². The van der Waals surface area contributed by atoms with Crippen LogP contribution in [0.25, 0.3) is 11.1 Å². The van der Waals surface area contributed by atoms with Gasteiger partial charge < -0.3 is 15.2 Å². The highest BCUT2D eigenvalue weighted by Gasteiger charge is 2.18. The third-order valence-electron chi connectivity index (χ3n) is 4.53. The molecule has 0 heterocycles. The number of hydrogen-bond donors (Lipinski definition) is 2. The topological polar surface area (TPSA) is 58.6 Å². The van der Waals surface area contributed by atoms with Gasteiger partial charge in [0.25, 0.3) is 0 Å². The van der Waals surface area contributed by atoms with Crippen LogP contribution in [0.2, 0.25) is 0 Å². The van der Waals surface area contributed by atoms with E-state index in [9.17, 15) is 22.4 Å². The number of carboxylic acids is 1. The van der Waals surface area contributed by atoms with Crippen molar-refractivity contribution in [3.63, 3.8) is 0 Å². The second-order valence-corrected chi connectivity index (χ2v) is 6.48. The van der Waals surface area contributed by atoms with Crippen LogP contribution in [0, 0.1) is 30.2 Å². The minimum atomic E-state index is -1.32. The Balaban J connectivity index is 1.90. The van der Waals surface area contributed by atoms with Crippen molar-refractivity contribution >= 4 is 11.7 Å². The third kappa shape index (κ3) is 4.53. The van der Waals surface area contributed by atoms with Crippen molar-refractivity contribution in [3.05, 3.63) is 82.9 Å². The van der Waals surface area contributed by atoms with Gasteiger partial charge in [0.2, 0.25) is 0 Å². The summed E-state index contributed by atoms with van der Waals surface area (Å²) >= 11 is 0. The van der Waals surface area contributed by atoms with E-state index in [0.717, 1.165) is 12.1 Å². The summed E-state index contributed by atoms with van der Waals surface area (Å²) in [4.78, 5) is 10.6. The van der Waals surface area contributed by atoms with Crippen molar-refractivity contribution in [1.82, 2.24) is 0 Å². The van der Waals surface area contributed by atoms with Gasteiger partial charge in [0, 0.05) is 12.1 Å². The van der Waals surface area contributed by atoms with Crippen molar-refractivity contribution < 1.29 is 32.2 Å². The van der Waals surface area contributed by atoms with Crippen LogP contribution in [0.5, 0.6) is 5.75 Å². The largest absolute Gasteiger partial charge is 0.479 e. The van der Waals surface area contributed by atoms with E-state index in [-0.39, 0.29) is 12.1 Å². The zero-order valence-electron chi connectivity index (χ0n) is 15.8. The SMILES string of the molecule is Cc1c(-c2cccc(F)c2)ccc(F)c1CNc1c(F)ccc(OCC(=O)O)c1F. The first kappa shape index (κ1) is 21.2. The quantitative estimate of drug-likeness (QED) is 0.511.